The van der Waals surface area contributed by atoms with Gasteiger partial charge in [-0.05, 0) is 12.8 Å². The molecule has 0 aromatic heterocycles. The summed E-state index contributed by atoms with van der Waals surface area (Å²) in [7, 11) is 0. The van der Waals surface area contributed by atoms with Crippen molar-refractivity contribution in [3.05, 3.63) is 0 Å². The van der Waals surface area contributed by atoms with E-state index in [2.05, 4.69) is 13.8 Å². The van der Waals surface area contributed by atoms with Crippen LogP contribution in [0, 0.1) is 11.8 Å². The number of ether oxygens (including phenoxy) is 2. The van der Waals surface area contributed by atoms with Crippen molar-refractivity contribution in [1.82, 2.24) is 0 Å². The van der Waals surface area contributed by atoms with Crippen LogP contribution in [0.2, 0.25) is 0 Å². The molecule has 0 amide bonds. The molecule has 0 saturated carbocycles. The fourth-order valence-electron chi connectivity index (χ4n) is 1.70. The molecule has 0 radical (unpaired) electrons. The molecule has 1 saturated heterocycles. The molecule has 0 spiro atoms. The average molecular weight is 186 g/mol. The van der Waals surface area contributed by atoms with E-state index in [1.807, 2.05) is 6.92 Å². The van der Waals surface area contributed by atoms with Crippen LogP contribution >= 0.6 is 0 Å². The molecule has 0 N–H and O–H groups in total. The lowest BCUT2D eigenvalue weighted by Gasteiger charge is -2.37. The van der Waals surface area contributed by atoms with Crippen LogP contribution in [0.15, 0.2) is 0 Å². The van der Waals surface area contributed by atoms with Gasteiger partial charge in [0, 0.05) is 12.8 Å². The molecule has 0 aliphatic carbocycles. The van der Waals surface area contributed by atoms with Gasteiger partial charge in [0.1, 0.15) is 6.10 Å². The Morgan fingerprint density at radius 2 is 2.00 bits per heavy atom. The number of hydrogen-bond acceptors (Lipinski definition) is 3. The zero-order valence-electron chi connectivity index (χ0n) is 8.74. The minimum atomic E-state index is -0.221. The van der Waals surface area contributed by atoms with E-state index >= 15 is 0 Å². The first-order valence-corrected chi connectivity index (χ1v) is 4.81. The lowest BCUT2D eigenvalue weighted by molar-refractivity contribution is -0.173. The third-order valence-corrected chi connectivity index (χ3v) is 2.80. The molecule has 1 fully saturated rings. The first-order chi connectivity index (χ1) is 6.02. The molecule has 1 rings (SSSR count). The normalized spacial score (nSPS) is 40.0. The van der Waals surface area contributed by atoms with Crippen LogP contribution < -0.4 is 0 Å². The predicted octanol–water partition coefficient (Wildman–Crippen LogP) is 1.61. The summed E-state index contributed by atoms with van der Waals surface area (Å²) < 4.78 is 10.7. The summed E-state index contributed by atoms with van der Waals surface area (Å²) in [5.74, 6) is 0.620. The van der Waals surface area contributed by atoms with Crippen molar-refractivity contribution < 1.29 is 14.3 Å². The summed E-state index contributed by atoms with van der Waals surface area (Å²) in [6.45, 7) is 8.39. The highest BCUT2D eigenvalue weighted by Crippen LogP contribution is 2.27. The molecular formula is C10H18O3. The Balaban J connectivity index is 2.60. The molecule has 3 nitrogen and oxygen atoms in total. The van der Waals surface area contributed by atoms with Gasteiger partial charge in [0.2, 0.25) is 0 Å². The van der Waals surface area contributed by atoms with Gasteiger partial charge in [-0.1, -0.05) is 13.8 Å². The first-order valence-electron chi connectivity index (χ1n) is 4.81. The highest BCUT2D eigenvalue weighted by Gasteiger charge is 2.35. The maximum atomic E-state index is 10.8. The molecule has 0 aromatic rings. The SMILES string of the molecule is CC(=O)O[C@H]1[C@H](C)[C@H](C)CO[C@@H]1C. The van der Waals surface area contributed by atoms with Crippen molar-refractivity contribution in [3.63, 3.8) is 0 Å². The van der Waals surface area contributed by atoms with Crippen LogP contribution in [0.1, 0.15) is 27.7 Å². The van der Waals surface area contributed by atoms with E-state index in [0.717, 1.165) is 6.61 Å². The summed E-state index contributed by atoms with van der Waals surface area (Å²) in [6.07, 6.45) is -0.0589. The predicted molar refractivity (Wildman–Crippen MR) is 49.3 cm³/mol. The van der Waals surface area contributed by atoms with Gasteiger partial charge in [-0.15, -0.1) is 0 Å². The number of carbonyl (C=O) groups is 1. The van der Waals surface area contributed by atoms with Crippen molar-refractivity contribution in [1.29, 1.82) is 0 Å². The van der Waals surface area contributed by atoms with Crippen LogP contribution in [0.25, 0.3) is 0 Å². The second kappa shape index (κ2) is 4.09. The minimum absolute atomic E-state index is 0.0232. The smallest absolute Gasteiger partial charge is 0.303 e. The van der Waals surface area contributed by atoms with Gasteiger partial charge in [-0.25, -0.2) is 0 Å². The highest BCUT2D eigenvalue weighted by molar-refractivity contribution is 5.66. The molecular weight excluding hydrogens is 168 g/mol. The third kappa shape index (κ3) is 2.44. The number of rotatable bonds is 1. The van der Waals surface area contributed by atoms with Crippen molar-refractivity contribution in [2.45, 2.75) is 39.9 Å². The van der Waals surface area contributed by atoms with Gasteiger partial charge < -0.3 is 9.47 Å². The van der Waals surface area contributed by atoms with E-state index < -0.39 is 0 Å². The van der Waals surface area contributed by atoms with Crippen molar-refractivity contribution >= 4 is 5.97 Å². The van der Waals surface area contributed by atoms with Crippen LogP contribution in [0.4, 0.5) is 0 Å². The standard InChI is InChI=1S/C10H18O3/c1-6-5-12-8(3)10(7(6)2)13-9(4)11/h6-8,10H,5H2,1-4H3/t6-,7-,8-,10+/m1/s1. The number of esters is 1. The van der Waals surface area contributed by atoms with Gasteiger partial charge >= 0.3 is 5.97 Å². The Morgan fingerprint density at radius 1 is 1.38 bits per heavy atom. The van der Waals surface area contributed by atoms with E-state index in [-0.39, 0.29) is 18.2 Å². The Bertz CT molecular complexity index is 191. The van der Waals surface area contributed by atoms with Gasteiger partial charge in [-0.3, -0.25) is 4.79 Å². The monoisotopic (exact) mass is 186 g/mol. The molecule has 0 bridgehead atoms. The molecule has 0 unspecified atom stereocenters. The Kier molecular flexibility index (Phi) is 3.31. The minimum Gasteiger partial charge on any atom is -0.460 e. The summed E-state index contributed by atoms with van der Waals surface area (Å²) in [6, 6.07) is 0. The highest BCUT2D eigenvalue weighted by atomic mass is 16.6. The lowest BCUT2D eigenvalue weighted by atomic mass is 9.86. The molecule has 13 heavy (non-hydrogen) atoms. The summed E-state index contributed by atoms with van der Waals surface area (Å²) in [5.41, 5.74) is 0. The lowest BCUT2D eigenvalue weighted by Crippen LogP contribution is -2.45. The summed E-state index contributed by atoms with van der Waals surface area (Å²) in [5, 5.41) is 0. The largest absolute Gasteiger partial charge is 0.460 e. The molecule has 76 valence electrons. The average Bonchev–Trinajstić information content (AvgIpc) is 2.05. The van der Waals surface area contributed by atoms with E-state index in [9.17, 15) is 4.79 Å². The Morgan fingerprint density at radius 3 is 2.54 bits per heavy atom. The second-order valence-electron chi connectivity index (χ2n) is 3.95. The van der Waals surface area contributed by atoms with Gasteiger partial charge in [0.15, 0.2) is 0 Å². The number of hydrogen-bond donors (Lipinski definition) is 0. The second-order valence-corrected chi connectivity index (χ2v) is 3.95. The quantitative estimate of drug-likeness (QED) is 0.584. The third-order valence-electron chi connectivity index (χ3n) is 2.80. The van der Waals surface area contributed by atoms with Crippen LogP contribution in [-0.4, -0.2) is 24.8 Å². The Hall–Kier alpha value is -0.570. The van der Waals surface area contributed by atoms with E-state index in [0.29, 0.717) is 11.8 Å². The van der Waals surface area contributed by atoms with Crippen molar-refractivity contribution in [2.24, 2.45) is 11.8 Å². The first kappa shape index (κ1) is 10.5. The fourth-order valence-corrected chi connectivity index (χ4v) is 1.70. The van der Waals surface area contributed by atoms with Crippen LogP contribution in [0.3, 0.4) is 0 Å². The van der Waals surface area contributed by atoms with E-state index in [1.165, 1.54) is 6.92 Å². The van der Waals surface area contributed by atoms with Gasteiger partial charge in [0.25, 0.3) is 0 Å². The van der Waals surface area contributed by atoms with Crippen molar-refractivity contribution in [2.75, 3.05) is 6.61 Å². The number of carbonyl (C=O) groups excluding carboxylic acids is 1. The van der Waals surface area contributed by atoms with E-state index in [1.54, 1.807) is 0 Å². The van der Waals surface area contributed by atoms with Gasteiger partial charge in [-0.2, -0.15) is 0 Å². The fraction of sp³-hybridized carbons (Fsp3) is 0.900. The van der Waals surface area contributed by atoms with E-state index in [4.69, 9.17) is 9.47 Å². The Labute approximate surface area is 79.4 Å². The maximum Gasteiger partial charge on any atom is 0.303 e. The molecule has 3 heteroatoms. The molecule has 1 aliphatic rings. The van der Waals surface area contributed by atoms with Gasteiger partial charge in [0.05, 0.1) is 12.7 Å². The summed E-state index contributed by atoms with van der Waals surface area (Å²) >= 11 is 0. The molecule has 1 aliphatic heterocycles. The van der Waals surface area contributed by atoms with Crippen LogP contribution in [0.5, 0.6) is 0 Å². The molecule has 4 atom stereocenters. The maximum absolute atomic E-state index is 10.8. The zero-order chi connectivity index (χ0) is 10.0. The molecule has 1 heterocycles. The van der Waals surface area contributed by atoms with Crippen molar-refractivity contribution in [3.8, 4) is 0 Å². The summed E-state index contributed by atoms with van der Waals surface area (Å²) in [4.78, 5) is 10.8. The molecule has 0 aromatic carbocycles. The zero-order valence-corrected chi connectivity index (χ0v) is 8.74. The topological polar surface area (TPSA) is 35.5 Å². The van der Waals surface area contributed by atoms with Crippen LogP contribution in [-0.2, 0) is 14.3 Å².